The molecule has 0 saturated heterocycles. The minimum absolute atomic E-state index is 0.303. The zero-order valence-electron chi connectivity index (χ0n) is 12.8. The van der Waals surface area contributed by atoms with Crippen LogP contribution in [-0.4, -0.2) is 40.2 Å². The summed E-state index contributed by atoms with van der Waals surface area (Å²) in [4.78, 5) is 26.0. The summed E-state index contributed by atoms with van der Waals surface area (Å²) in [5, 5.41) is 9.62. The van der Waals surface area contributed by atoms with E-state index in [1.54, 1.807) is 0 Å². The Morgan fingerprint density at radius 3 is 2.22 bits per heavy atom. The molecule has 4 nitrogen and oxygen atoms in total. The van der Waals surface area contributed by atoms with Crippen molar-refractivity contribution in [1.29, 1.82) is 0 Å². The second kappa shape index (κ2) is 7.29. The third-order valence-electron chi connectivity index (χ3n) is 4.35. The van der Waals surface area contributed by atoms with Gasteiger partial charge >= 0.3 is 5.97 Å². The topological polar surface area (TPSA) is 57.6 Å². The molecule has 0 radical (unpaired) electrons. The van der Waals surface area contributed by atoms with Crippen molar-refractivity contribution >= 4 is 23.6 Å². The first kappa shape index (κ1) is 17.7. The van der Waals surface area contributed by atoms with E-state index in [9.17, 15) is 23.5 Å². The standard InChI is InChI=1S/C16H19F2NO3S/c1-19(16(14(21)22)9-3-2-4-10-16)13(20)11-5-7-12(8-6-11)23-15(17)18/h5-8,15H,2-4,9-10H2,1H3,(H,21,22). The van der Waals surface area contributed by atoms with E-state index in [-0.39, 0.29) is 0 Å². The number of amides is 1. The molecule has 0 aromatic heterocycles. The van der Waals surface area contributed by atoms with Crippen molar-refractivity contribution in [2.24, 2.45) is 0 Å². The molecule has 0 aliphatic heterocycles. The third-order valence-corrected chi connectivity index (χ3v) is 5.07. The first-order chi connectivity index (χ1) is 10.9. The van der Waals surface area contributed by atoms with Crippen LogP contribution in [0.4, 0.5) is 8.78 Å². The van der Waals surface area contributed by atoms with Gasteiger partial charge in [-0.05, 0) is 37.1 Å². The van der Waals surface area contributed by atoms with Crippen LogP contribution in [0.15, 0.2) is 29.2 Å². The molecule has 1 fully saturated rings. The normalized spacial score (nSPS) is 17.0. The van der Waals surface area contributed by atoms with Crippen molar-refractivity contribution in [3.63, 3.8) is 0 Å². The molecule has 0 unspecified atom stereocenters. The molecule has 1 aromatic rings. The first-order valence-corrected chi connectivity index (χ1v) is 8.31. The van der Waals surface area contributed by atoms with Crippen molar-refractivity contribution < 1.29 is 23.5 Å². The Hall–Kier alpha value is -1.63. The molecular formula is C16H19F2NO3S. The quantitative estimate of drug-likeness (QED) is 0.825. The average Bonchev–Trinajstić information content (AvgIpc) is 2.54. The van der Waals surface area contributed by atoms with E-state index < -0.39 is 23.2 Å². The van der Waals surface area contributed by atoms with Gasteiger partial charge in [0.1, 0.15) is 5.54 Å². The molecular weight excluding hydrogens is 324 g/mol. The van der Waals surface area contributed by atoms with E-state index >= 15 is 0 Å². The van der Waals surface area contributed by atoms with Crippen LogP contribution in [0.25, 0.3) is 0 Å². The maximum atomic E-state index is 12.6. The molecule has 1 amide bonds. The summed E-state index contributed by atoms with van der Waals surface area (Å²) >= 11 is 0.407. The number of hydrogen-bond acceptors (Lipinski definition) is 3. The highest BCUT2D eigenvalue weighted by atomic mass is 32.2. The predicted molar refractivity (Wildman–Crippen MR) is 83.8 cm³/mol. The van der Waals surface area contributed by atoms with E-state index in [2.05, 4.69) is 0 Å². The maximum absolute atomic E-state index is 12.6. The van der Waals surface area contributed by atoms with Crippen LogP contribution in [0.1, 0.15) is 42.5 Å². The summed E-state index contributed by atoms with van der Waals surface area (Å²) in [5.74, 6) is -3.91. The molecule has 0 bridgehead atoms. The monoisotopic (exact) mass is 343 g/mol. The molecule has 0 atom stereocenters. The SMILES string of the molecule is CN(C(=O)c1ccc(SC(F)F)cc1)C1(C(=O)O)CCCCC1. The number of carbonyl (C=O) groups excluding carboxylic acids is 1. The van der Waals surface area contributed by atoms with Gasteiger partial charge in [-0.25, -0.2) is 4.79 Å². The number of aliphatic carboxylic acids is 1. The van der Waals surface area contributed by atoms with Crippen LogP contribution < -0.4 is 0 Å². The Morgan fingerprint density at radius 2 is 1.74 bits per heavy atom. The van der Waals surface area contributed by atoms with Gasteiger partial charge in [0.05, 0.1) is 0 Å². The lowest BCUT2D eigenvalue weighted by atomic mass is 9.80. The van der Waals surface area contributed by atoms with Crippen LogP contribution in [0, 0.1) is 0 Å². The fraction of sp³-hybridized carbons (Fsp3) is 0.500. The van der Waals surface area contributed by atoms with Gasteiger partial charge in [0.15, 0.2) is 0 Å². The van der Waals surface area contributed by atoms with E-state index in [4.69, 9.17) is 0 Å². The van der Waals surface area contributed by atoms with Gasteiger partial charge in [-0.2, -0.15) is 8.78 Å². The highest BCUT2D eigenvalue weighted by molar-refractivity contribution is 7.99. The molecule has 126 valence electrons. The number of alkyl halides is 2. The Labute approximate surface area is 137 Å². The minimum Gasteiger partial charge on any atom is -0.479 e. The summed E-state index contributed by atoms with van der Waals surface area (Å²) in [6.45, 7) is 0. The van der Waals surface area contributed by atoms with Crippen LogP contribution in [-0.2, 0) is 4.79 Å². The van der Waals surface area contributed by atoms with E-state index in [0.29, 0.717) is 35.1 Å². The van der Waals surface area contributed by atoms with Gasteiger partial charge in [-0.15, -0.1) is 0 Å². The van der Waals surface area contributed by atoms with Crippen molar-refractivity contribution in [3.05, 3.63) is 29.8 Å². The zero-order chi connectivity index (χ0) is 17.0. The van der Waals surface area contributed by atoms with Gasteiger partial charge in [0, 0.05) is 17.5 Å². The first-order valence-electron chi connectivity index (χ1n) is 7.43. The number of carboxylic acid groups (broad SMARTS) is 1. The number of carboxylic acids is 1. The maximum Gasteiger partial charge on any atom is 0.329 e. The van der Waals surface area contributed by atoms with E-state index in [0.717, 1.165) is 19.3 Å². The number of hydrogen-bond donors (Lipinski definition) is 1. The van der Waals surface area contributed by atoms with Gasteiger partial charge in [0.25, 0.3) is 11.7 Å². The summed E-state index contributed by atoms with van der Waals surface area (Å²) in [6, 6.07) is 5.82. The molecule has 0 heterocycles. The summed E-state index contributed by atoms with van der Waals surface area (Å²) in [7, 11) is 1.50. The Kier molecular flexibility index (Phi) is 5.62. The molecule has 1 aromatic carbocycles. The van der Waals surface area contributed by atoms with E-state index in [1.807, 2.05) is 0 Å². The lowest BCUT2D eigenvalue weighted by molar-refractivity contribution is -0.151. The molecule has 23 heavy (non-hydrogen) atoms. The summed E-state index contributed by atoms with van der Waals surface area (Å²) < 4.78 is 24.6. The predicted octanol–water partition coefficient (Wildman–Crippen LogP) is 3.86. The molecule has 7 heteroatoms. The largest absolute Gasteiger partial charge is 0.479 e. The fourth-order valence-corrected chi connectivity index (χ4v) is 3.50. The molecule has 2 rings (SSSR count). The van der Waals surface area contributed by atoms with Gasteiger partial charge in [0.2, 0.25) is 0 Å². The number of likely N-dealkylation sites (N-methyl/N-ethyl adjacent to an activating group) is 1. The van der Waals surface area contributed by atoms with Gasteiger partial charge in [-0.3, -0.25) is 4.79 Å². The van der Waals surface area contributed by atoms with Gasteiger partial charge < -0.3 is 10.0 Å². The number of nitrogens with zero attached hydrogens (tertiary/aromatic N) is 1. The lowest BCUT2D eigenvalue weighted by Crippen LogP contribution is -2.56. The molecule has 0 spiro atoms. The highest BCUT2D eigenvalue weighted by Gasteiger charge is 2.45. The van der Waals surface area contributed by atoms with Crippen LogP contribution in [0.2, 0.25) is 0 Å². The highest BCUT2D eigenvalue weighted by Crippen LogP contribution is 2.34. The Morgan fingerprint density at radius 1 is 1.17 bits per heavy atom. The smallest absolute Gasteiger partial charge is 0.329 e. The van der Waals surface area contributed by atoms with Crippen LogP contribution >= 0.6 is 11.8 Å². The number of thioether (sulfide) groups is 1. The van der Waals surface area contributed by atoms with Crippen molar-refractivity contribution in [2.75, 3.05) is 7.05 Å². The summed E-state index contributed by atoms with van der Waals surface area (Å²) in [5.41, 5.74) is -0.872. The Bertz CT molecular complexity index is 571. The molecule has 1 N–H and O–H groups in total. The van der Waals surface area contributed by atoms with E-state index in [1.165, 1.54) is 36.2 Å². The lowest BCUT2D eigenvalue weighted by Gasteiger charge is -2.41. The second-order valence-corrected chi connectivity index (χ2v) is 6.73. The molecule has 1 aliphatic rings. The number of rotatable bonds is 5. The average molecular weight is 343 g/mol. The molecule has 1 saturated carbocycles. The summed E-state index contributed by atoms with van der Waals surface area (Å²) in [6.07, 6.45) is 3.38. The third kappa shape index (κ3) is 3.83. The number of carbonyl (C=O) groups is 2. The fourth-order valence-electron chi connectivity index (χ4n) is 3.00. The number of benzene rings is 1. The van der Waals surface area contributed by atoms with Crippen molar-refractivity contribution in [2.45, 2.75) is 48.3 Å². The van der Waals surface area contributed by atoms with Crippen molar-refractivity contribution in [1.82, 2.24) is 4.90 Å². The van der Waals surface area contributed by atoms with Crippen LogP contribution in [0.5, 0.6) is 0 Å². The Balaban J connectivity index is 2.19. The second-order valence-electron chi connectivity index (χ2n) is 5.66. The van der Waals surface area contributed by atoms with Crippen molar-refractivity contribution in [3.8, 4) is 0 Å². The van der Waals surface area contributed by atoms with Gasteiger partial charge in [-0.1, -0.05) is 31.0 Å². The van der Waals surface area contributed by atoms with Crippen LogP contribution in [0.3, 0.4) is 0 Å². The zero-order valence-corrected chi connectivity index (χ0v) is 13.6. The minimum atomic E-state index is -2.52. The number of halogens is 2. The molecule has 1 aliphatic carbocycles.